The Morgan fingerprint density at radius 2 is 1.55 bits per heavy atom. The van der Waals surface area contributed by atoms with Crippen LogP contribution in [0.3, 0.4) is 0 Å². The summed E-state index contributed by atoms with van der Waals surface area (Å²) in [6, 6.07) is 29.5. The normalized spacial score (nSPS) is 10.6. The van der Waals surface area contributed by atoms with Gasteiger partial charge in [0.05, 0.1) is 28.2 Å². The molecule has 5 rings (SSSR count). The molecule has 0 radical (unpaired) electrons. The third-order valence-electron chi connectivity index (χ3n) is 4.92. The van der Waals surface area contributed by atoms with Crippen molar-refractivity contribution in [1.29, 1.82) is 5.26 Å². The number of fused-ring (bicyclic) bond motifs is 1. The van der Waals surface area contributed by atoms with Crippen molar-refractivity contribution >= 4 is 34.3 Å². The Morgan fingerprint density at radius 1 is 0.818 bits per heavy atom. The molecule has 0 atom stereocenters. The number of aromatic nitrogens is 4. The fraction of sp³-hybridized carbons (Fsp3) is 0.0400. The second-order valence-corrected chi connectivity index (χ2v) is 8.10. The highest BCUT2D eigenvalue weighted by Gasteiger charge is 2.17. The number of hydrogen-bond donors (Lipinski definition) is 3. The molecule has 0 unspecified atom stereocenters. The summed E-state index contributed by atoms with van der Waals surface area (Å²) >= 11 is 1.46. The first-order valence-corrected chi connectivity index (χ1v) is 11.3. The quantitative estimate of drug-likeness (QED) is 0.168. The molecule has 7 nitrogen and oxygen atoms in total. The van der Waals surface area contributed by atoms with E-state index in [1.165, 1.54) is 11.8 Å². The number of H-pyrrole nitrogens is 1. The van der Waals surface area contributed by atoms with Crippen molar-refractivity contribution in [2.45, 2.75) is 10.9 Å². The van der Waals surface area contributed by atoms with Crippen LogP contribution in [0, 0.1) is 11.3 Å². The molecule has 3 N–H and O–H groups in total. The SMILES string of the molecule is N#Cc1c(NNc2ccccc2)nc(SCc2nc3ccccc3[nH]2)nc1-c1ccccc1. The fourth-order valence-electron chi connectivity index (χ4n) is 3.37. The lowest BCUT2D eigenvalue weighted by Gasteiger charge is -2.14. The molecule has 3 aromatic carbocycles. The van der Waals surface area contributed by atoms with Gasteiger partial charge in [0.2, 0.25) is 0 Å². The summed E-state index contributed by atoms with van der Waals surface area (Å²) in [5, 5.41) is 10.5. The number of nitrogens with one attached hydrogen (secondary N) is 3. The average Bonchev–Trinajstić information content (AvgIpc) is 3.30. The van der Waals surface area contributed by atoms with Crippen molar-refractivity contribution in [2.75, 3.05) is 10.9 Å². The van der Waals surface area contributed by atoms with E-state index in [-0.39, 0.29) is 0 Å². The van der Waals surface area contributed by atoms with Crippen molar-refractivity contribution < 1.29 is 0 Å². The summed E-state index contributed by atoms with van der Waals surface area (Å²) in [6.45, 7) is 0. The summed E-state index contributed by atoms with van der Waals surface area (Å²) in [5.41, 5.74) is 10.8. The number of hydrazine groups is 1. The molecule has 2 aromatic heterocycles. The fourth-order valence-corrected chi connectivity index (χ4v) is 4.08. The number of aromatic amines is 1. The number of imidazole rings is 1. The van der Waals surface area contributed by atoms with Crippen molar-refractivity contribution in [1.82, 2.24) is 19.9 Å². The Bertz CT molecular complexity index is 1390. The van der Waals surface area contributed by atoms with Crippen molar-refractivity contribution in [3.63, 3.8) is 0 Å². The summed E-state index contributed by atoms with van der Waals surface area (Å²) in [7, 11) is 0. The molecule has 0 aliphatic carbocycles. The molecule has 0 fully saturated rings. The molecule has 5 aromatic rings. The van der Waals surface area contributed by atoms with Crippen LogP contribution in [0.25, 0.3) is 22.3 Å². The molecule has 0 aliphatic rings. The van der Waals surface area contributed by atoms with Gasteiger partial charge in [-0.25, -0.2) is 15.0 Å². The highest BCUT2D eigenvalue weighted by molar-refractivity contribution is 7.98. The third kappa shape index (κ3) is 4.63. The monoisotopic (exact) mass is 449 g/mol. The first kappa shape index (κ1) is 20.5. The van der Waals surface area contributed by atoms with E-state index in [4.69, 9.17) is 4.98 Å². The Hall–Kier alpha value is -4.35. The largest absolute Gasteiger partial charge is 0.341 e. The van der Waals surface area contributed by atoms with Gasteiger partial charge in [-0.3, -0.25) is 10.9 Å². The lowest BCUT2D eigenvalue weighted by molar-refractivity contribution is 0.963. The zero-order valence-electron chi connectivity index (χ0n) is 17.5. The molecule has 0 aliphatic heterocycles. The van der Waals surface area contributed by atoms with Gasteiger partial charge in [-0.1, -0.05) is 72.4 Å². The van der Waals surface area contributed by atoms with Gasteiger partial charge in [0.25, 0.3) is 0 Å². The van der Waals surface area contributed by atoms with Crippen LogP contribution in [0.1, 0.15) is 11.4 Å². The van der Waals surface area contributed by atoms with E-state index in [1.54, 1.807) is 0 Å². The van der Waals surface area contributed by atoms with Gasteiger partial charge in [0.1, 0.15) is 17.5 Å². The first-order valence-electron chi connectivity index (χ1n) is 10.3. The Morgan fingerprint density at radius 3 is 2.30 bits per heavy atom. The van der Waals surface area contributed by atoms with E-state index in [0.717, 1.165) is 28.1 Å². The van der Waals surface area contributed by atoms with Gasteiger partial charge >= 0.3 is 0 Å². The standard InChI is InChI=1S/C25H19N7S/c26-15-19-23(17-9-3-1-4-10-17)29-25(30-24(19)32-31-18-11-5-2-6-12-18)33-16-22-27-20-13-7-8-14-21(20)28-22/h1-14,31H,16H2,(H,27,28)(H,29,30,32). The smallest absolute Gasteiger partial charge is 0.190 e. The van der Waals surface area contributed by atoms with Crippen LogP contribution in [0.4, 0.5) is 11.5 Å². The summed E-state index contributed by atoms with van der Waals surface area (Å²) in [6.07, 6.45) is 0. The third-order valence-corrected chi connectivity index (χ3v) is 5.78. The highest BCUT2D eigenvalue weighted by Crippen LogP contribution is 2.30. The molecule has 0 spiro atoms. The van der Waals surface area contributed by atoms with Gasteiger partial charge < -0.3 is 4.98 Å². The van der Waals surface area contributed by atoms with Crippen LogP contribution in [-0.2, 0) is 5.75 Å². The number of nitrogens with zero attached hydrogens (tertiary/aromatic N) is 4. The summed E-state index contributed by atoms with van der Waals surface area (Å²) in [5.74, 6) is 1.83. The maximum atomic E-state index is 9.92. The topological polar surface area (TPSA) is 102 Å². The van der Waals surface area contributed by atoms with Gasteiger partial charge in [-0.2, -0.15) is 5.26 Å². The molecular formula is C25H19N7S. The maximum Gasteiger partial charge on any atom is 0.190 e. The van der Waals surface area contributed by atoms with Gasteiger partial charge in [0.15, 0.2) is 11.0 Å². The minimum atomic E-state index is 0.373. The predicted octanol–water partition coefficient (Wildman–Crippen LogP) is 5.62. The zero-order chi connectivity index (χ0) is 22.5. The lowest BCUT2D eigenvalue weighted by Crippen LogP contribution is -2.13. The minimum Gasteiger partial charge on any atom is -0.341 e. The predicted molar refractivity (Wildman–Crippen MR) is 132 cm³/mol. The van der Waals surface area contributed by atoms with Crippen LogP contribution in [0.15, 0.2) is 90.1 Å². The molecule has 2 heterocycles. The van der Waals surface area contributed by atoms with Crippen LogP contribution < -0.4 is 10.9 Å². The lowest BCUT2D eigenvalue weighted by atomic mass is 10.1. The number of benzene rings is 3. The first-order chi connectivity index (χ1) is 16.3. The Balaban J connectivity index is 1.47. The Kier molecular flexibility index (Phi) is 5.87. The second-order valence-electron chi connectivity index (χ2n) is 7.16. The van der Waals surface area contributed by atoms with Crippen molar-refractivity contribution in [3.8, 4) is 17.3 Å². The molecular weight excluding hydrogens is 430 g/mol. The zero-order valence-corrected chi connectivity index (χ0v) is 18.3. The number of rotatable bonds is 7. The van der Waals surface area contributed by atoms with Crippen LogP contribution in [0.5, 0.6) is 0 Å². The molecule has 8 heteroatoms. The van der Waals surface area contributed by atoms with Gasteiger partial charge in [0, 0.05) is 5.56 Å². The summed E-state index contributed by atoms with van der Waals surface area (Å²) < 4.78 is 0. The van der Waals surface area contributed by atoms with E-state index in [1.807, 2.05) is 84.9 Å². The van der Waals surface area contributed by atoms with Gasteiger partial charge in [-0.05, 0) is 24.3 Å². The average molecular weight is 450 g/mol. The van der Waals surface area contributed by atoms with E-state index in [2.05, 4.69) is 31.9 Å². The Labute approximate surface area is 194 Å². The van der Waals surface area contributed by atoms with Gasteiger partial charge in [-0.15, -0.1) is 0 Å². The van der Waals surface area contributed by atoms with E-state index < -0.39 is 0 Å². The molecule has 0 saturated heterocycles. The number of para-hydroxylation sites is 3. The molecule has 33 heavy (non-hydrogen) atoms. The van der Waals surface area contributed by atoms with Crippen LogP contribution in [0.2, 0.25) is 0 Å². The molecule has 160 valence electrons. The summed E-state index contributed by atoms with van der Waals surface area (Å²) in [4.78, 5) is 17.3. The van der Waals surface area contributed by atoms with E-state index >= 15 is 0 Å². The highest BCUT2D eigenvalue weighted by atomic mass is 32.2. The van der Waals surface area contributed by atoms with Crippen molar-refractivity contribution in [2.24, 2.45) is 0 Å². The molecule has 0 amide bonds. The number of anilines is 2. The number of hydrogen-bond acceptors (Lipinski definition) is 7. The minimum absolute atomic E-state index is 0.373. The van der Waals surface area contributed by atoms with E-state index in [9.17, 15) is 5.26 Å². The van der Waals surface area contributed by atoms with Crippen LogP contribution in [-0.4, -0.2) is 19.9 Å². The van der Waals surface area contributed by atoms with E-state index in [0.29, 0.717) is 28.0 Å². The van der Waals surface area contributed by atoms with Crippen LogP contribution >= 0.6 is 11.8 Å². The molecule has 0 saturated carbocycles. The second kappa shape index (κ2) is 9.42. The number of thioether (sulfide) groups is 1. The molecule has 0 bridgehead atoms. The maximum absolute atomic E-state index is 9.92. The number of nitriles is 1. The van der Waals surface area contributed by atoms with Crippen molar-refractivity contribution in [3.05, 3.63) is 96.3 Å².